The number of carbonyl (C=O) groups is 1. The van der Waals surface area contributed by atoms with Crippen LogP contribution >= 0.6 is 22.9 Å². The average molecular weight is 449 g/mol. The molecule has 3 rings (SSSR count). The maximum Gasteiger partial charge on any atom is 0.222 e. The van der Waals surface area contributed by atoms with Crippen LogP contribution in [0.25, 0.3) is 21.6 Å². The molecule has 0 unspecified atom stereocenters. The second-order valence-electron chi connectivity index (χ2n) is 6.61. The van der Waals surface area contributed by atoms with E-state index in [2.05, 4.69) is 4.72 Å². The van der Waals surface area contributed by atoms with Crippen molar-refractivity contribution in [1.82, 2.24) is 0 Å². The van der Waals surface area contributed by atoms with E-state index in [0.29, 0.717) is 22.0 Å². The second kappa shape index (κ2) is 8.98. The molecule has 1 aromatic heterocycles. The van der Waals surface area contributed by atoms with Crippen LogP contribution in [0.4, 0.5) is 11.4 Å². The van der Waals surface area contributed by atoms with Crippen LogP contribution in [0.2, 0.25) is 5.02 Å². The molecule has 1 N–H and O–H groups in total. The lowest BCUT2D eigenvalue weighted by molar-refractivity contribution is 0.0992. The lowest BCUT2D eigenvalue weighted by atomic mass is 9.99. The molecule has 8 heteroatoms. The van der Waals surface area contributed by atoms with E-state index in [4.69, 9.17) is 11.6 Å². The zero-order valence-corrected chi connectivity index (χ0v) is 18.7. The highest BCUT2D eigenvalue weighted by Crippen LogP contribution is 2.48. The fourth-order valence-corrected chi connectivity index (χ4v) is 4.99. The molecule has 5 nitrogen and oxygen atoms in total. The Morgan fingerprint density at radius 1 is 1.03 bits per heavy atom. The van der Waals surface area contributed by atoms with Crippen molar-refractivity contribution in [2.75, 3.05) is 23.7 Å². The van der Waals surface area contributed by atoms with Gasteiger partial charge in [0.25, 0.3) is 0 Å². The summed E-state index contributed by atoms with van der Waals surface area (Å²) in [6.07, 6.45) is 0.400. The summed E-state index contributed by atoms with van der Waals surface area (Å²) in [6.45, 7) is 1.85. The SMILES string of the molecule is CCC(=O)c1sc(-c2ccc(Cl)cc2)c(N(C)C)c1-c1ccc(N[SH](=O)=O)cc1. The smallest absolute Gasteiger partial charge is 0.222 e. The second-order valence-corrected chi connectivity index (χ2v) is 8.80. The summed E-state index contributed by atoms with van der Waals surface area (Å²) in [4.78, 5) is 16.5. The highest BCUT2D eigenvalue weighted by Gasteiger charge is 2.25. The van der Waals surface area contributed by atoms with E-state index in [1.54, 1.807) is 12.1 Å². The van der Waals surface area contributed by atoms with Gasteiger partial charge in [-0.15, -0.1) is 11.3 Å². The van der Waals surface area contributed by atoms with Gasteiger partial charge in [0, 0.05) is 36.8 Å². The molecule has 0 saturated carbocycles. The van der Waals surface area contributed by atoms with Crippen molar-refractivity contribution in [2.24, 2.45) is 0 Å². The Balaban J connectivity index is 2.23. The van der Waals surface area contributed by atoms with Crippen LogP contribution in [-0.4, -0.2) is 28.3 Å². The molecule has 2 aromatic carbocycles. The average Bonchev–Trinajstić information content (AvgIpc) is 3.09. The zero-order valence-electron chi connectivity index (χ0n) is 16.2. The first-order valence-corrected chi connectivity index (χ1v) is 11.3. The summed E-state index contributed by atoms with van der Waals surface area (Å²) >= 11 is 7.52. The van der Waals surface area contributed by atoms with Crippen LogP contribution in [0.15, 0.2) is 48.5 Å². The number of thiol groups is 1. The summed E-state index contributed by atoms with van der Waals surface area (Å²) in [7, 11) is 1.17. The number of thiophene rings is 1. The molecule has 0 fully saturated rings. The van der Waals surface area contributed by atoms with Gasteiger partial charge >= 0.3 is 0 Å². The minimum Gasteiger partial charge on any atom is -0.376 e. The van der Waals surface area contributed by atoms with Crippen LogP contribution in [0, 0.1) is 0 Å². The molecule has 29 heavy (non-hydrogen) atoms. The summed E-state index contributed by atoms with van der Waals surface area (Å²) < 4.78 is 24.2. The number of anilines is 2. The predicted octanol–water partition coefficient (Wildman–Crippen LogP) is 5.33. The minimum absolute atomic E-state index is 0.0677. The minimum atomic E-state index is -2.73. The molecule has 3 aromatic rings. The van der Waals surface area contributed by atoms with E-state index >= 15 is 0 Å². The van der Waals surface area contributed by atoms with Crippen LogP contribution < -0.4 is 9.62 Å². The fraction of sp³-hybridized carbons (Fsp3) is 0.190. The molecular weight excluding hydrogens is 428 g/mol. The van der Waals surface area contributed by atoms with Crippen molar-refractivity contribution in [1.29, 1.82) is 0 Å². The summed E-state index contributed by atoms with van der Waals surface area (Å²) in [6, 6.07) is 14.6. The van der Waals surface area contributed by atoms with Crippen LogP contribution in [0.1, 0.15) is 23.0 Å². The molecular formula is C21H21ClN2O3S2. The molecule has 0 amide bonds. The lowest BCUT2D eigenvalue weighted by Crippen LogP contribution is -2.10. The van der Waals surface area contributed by atoms with Crippen LogP contribution in [0.5, 0.6) is 0 Å². The Labute approximate surface area is 181 Å². The number of benzene rings is 2. The third kappa shape index (κ3) is 4.63. The topological polar surface area (TPSA) is 66.5 Å². The third-order valence-corrected chi connectivity index (χ3v) is 6.37. The number of nitrogens with zero attached hydrogens (tertiary/aromatic N) is 1. The highest BCUT2D eigenvalue weighted by atomic mass is 35.5. The van der Waals surface area contributed by atoms with Gasteiger partial charge in [0.15, 0.2) is 5.78 Å². The predicted molar refractivity (Wildman–Crippen MR) is 123 cm³/mol. The van der Waals surface area contributed by atoms with E-state index in [-0.39, 0.29) is 5.78 Å². The van der Waals surface area contributed by atoms with Crippen molar-refractivity contribution in [3.8, 4) is 21.6 Å². The van der Waals surface area contributed by atoms with Gasteiger partial charge in [-0.05, 0) is 35.4 Å². The van der Waals surface area contributed by atoms with E-state index in [1.807, 2.05) is 62.3 Å². The Morgan fingerprint density at radius 3 is 2.14 bits per heavy atom. The summed E-state index contributed by atoms with van der Waals surface area (Å²) in [5.74, 6) is 0.0677. The first-order valence-electron chi connectivity index (χ1n) is 8.96. The standard InChI is InChI=1S/C21H21ClN2O3S2/c1-4-17(25)21-18(13-7-11-16(12-8-13)23-29(26)27)19(24(2)3)20(28-21)14-5-9-15(22)10-6-14/h5-12,29H,4H2,1-3H3,(H,23,26,27). The van der Waals surface area contributed by atoms with Crippen molar-refractivity contribution in [2.45, 2.75) is 13.3 Å². The van der Waals surface area contributed by atoms with Crippen molar-refractivity contribution < 1.29 is 13.2 Å². The summed E-state index contributed by atoms with van der Waals surface area (Å²) in [5.41, 5.74) is 4.13. The number of ketones is 1. The van der Waals surface area contributed by atoms with Gasteiger partial charge in [-0.25, -0.2) is 8.42 Å². The number of carbonyl (C=O) groups excluding carboxylic acids is 1. The number of rotatable bonds is 7. The molecule has 0 saturated heterocycles. The Hall–Kier alpha value is -2.35. The van der Waals surface area contributed by atoms with E-state index in [1.165, 1.54) is 11.3 Å². The largest absolute Gasteiger partial charge is 0.376 e. The maximum atomic E-state index is 12.8. The molecule has 1 heterocycles. The molecule has 0 spiro atoms. The van der Waals surface area contributed by atoms with Gasteiger partial charge in [-0.3, -0.25) is 9.52 Å². The number of hydrogen-bond acceptors (Lipinski definition) is 5. The number of hydrogen-bond donors (Lipinski definition) is 2. The van der Waals surface area contributed by atoms with E-state index in [9.17, 15) is 13.2 Å². The molecule has 0 radical (unpaired) electrons. The van der Waals surface area contributed by atoms with Gasteiger partial charge in [-0.2, -0.15) is 0 Å². The first-order chi connectivity index (χ1) is 13.8. The van der Waals surface area contributed by atoms with Gasteiger partial charge < -0.3 is 4.90 Å². The first kappa shape index (κ1) is 21.4. The van der Waals surface area contributed by atoms with Gasteiger partial charge in [0.1, 0.15) is 0 Å². The van der Waals surface area contributed by atoms with Crippen LogP contribution in [-0.2, 0) is 10.9 Å². The monoisotopic (exact) mass is 448 g/mol. The highest BCUT2D eigenvalue weighted by molar-refractivity contribution is 7.73. The van der Waals surface area contributed by atoms with E-state index < -0.39 is 10.9 Å². The van der Waals surface area contributed by atoms with Gasteiger partial charge in [0.2, 0.25) is 10.9 Å². The number of Topliss-reactive ketones (excluding diaryl/α,β-unsaturated/α-hetero) is 1. The number of halogens is 1. The summed E-state index contributed by atoms with van der Waals surface area (Å²) in [5, 5.41) is 0.654. The Morgan fingerprint density at radius 2 is 1.62 bits per heavy atom. The van der Waals surface area contributed by atoms with Crippen LogP contribution in [0.3, 0.4) is 0 Å². The molecule has 0 aliphatic carbocycles. The van der Waals surface area contributed by atoms with E-state index in [0.717, 1.165) is 27.3 Å². The van der Waals surface area contributed by atoms with Crippen molar-refractivity contribution in [3.63, 3.8) is 0 Å². The maximum absolute atomic E-state index is 12.8. The zero-order chi connectivity index (χ0) is 21.1. The molecule has 0 aliphatic heterocycles. The third-order valence-electron chi connectivity index (χ3n) is 4.41. The van der Waals surface area contributed by atoms with Gasteiger partial charge in [-0.1, -0.05) is 42.8 Å². The van der Waals surface area contributed by atoms with Crippen molar-refractivity contribution >= 4 is 51.0 Å². The Kier molecular flexibility index (Phi) is 6.62. The Bertz CT molecular complexity index is 1090. The lowest BCUT2D eigenvalue weighted by Gasteiger charge is -2.17. The van der Waals surface area contributed by atoms with Crippen molar-refractivity contribution in [3.05, 3.63) is 58.4 Å². The quantitative estimate of drug-likeness (QED) is 0.378. The fourth-order valence-electron chi connectivity index (χ4n) is 3.09. The van der Waals surface area contributed by atoms with Gasteiger partial charge in [0.05, 0.1) is 15.4 Å². The molecule has 0 aliphatic rings. The normalized spacial score (nSPS) is 10.9. The molecule has 0 atom stereocenters. The molecule has 0 bridgehead atoms. The molecule has 152 valence electrons. The number of nitrogens with one attached hydrogen (secondary N) is 1.